The molecule has 0 saturated carbocycles. The van der Waals surface area contributed by atoms with Gasteiger partial charge in [-0.1, -0.05) is 0 Å². The zero-order valence-electron chi connectivity index (χ0n) is 20.9. The van der Waals surface area contributed by atoms with Gasteiger partial charge in [-0.15, -0.1) is 0 Å². The molecule has 4 N–H and O–H groups in total. The Hall–Kier alpha value is -1.52. The molecule has 0 bridgehead atoms. The number of halogens is 18. The van der Waals surface area contributed by atoms with E-state index >= 15 is 0 Å². The van der Waals surface area contributed by atoms with Crippen LogP contribution in [0.3, 0.4) is 0 Å². The van der Waals surface area contributed by atoms with Crippen LogP contribution in [0.4, 0.5) is 79.0 Å². The lowest BCUT2D eigenvalue weighted by Gasteiger charge is -2.43. The SMILES string of the molecule is O=S(=O)(O)CC(CC(F)(F)C(F)(F)C(F)(F)C(F)(F)F)C(O)(CCO)C(CCC(F)(F)C(F)(F)C(F)(F)C(F)(F)F)S(=O)(=O)O. The van der Waals surface area contributed by atoms with Crippen LogP contribution in [0, 0.1) is 5.92 Å². The summed E-state index contributed by atoms with van der Waals surface area (Å²) in [6.45, 7) is -2.01. The largest absolute Gasteiger partial charge is 0.460 e. The molecule has 0 radical (unpaired) electrons. The van der Waals surface area contributed by atoms with Crippen molar-refractivity contribution in [3.8, 4) is 0 Å². The van der Waals surface area contributed by atoms with Crippen LogP contribution >= 0.6 is 0 Å². The summed E-state index contributed by atoms with van der Waals surface area (Å²) in [4.78, 5) is 0. The molecule has 0 aliphatic rings. The minimum atomic E-state index is -7.75. The summed E-state index contributed by atoms with van der Waals surface area (Å²) >= 11 is 0. The van der Waals surface area contributed by atoms with Gasteiger partial charge >= 0.3 is 47.9 Å². The molecule has 272 valence electrons. The van der Waals surface area contributed by atoms with Crippen molar-refractivity contribution in [3.63, 3.8) is 0 Å². The van der Waals surface area contributed by atoms with Crippen molar-refractivity contribution in [2.24, 2.45) is 5.92 Å². The third kappa shape index (κ3) is 8.50. The Morgan fingerprint density at radius 1 is 0.556 bits per heavy atom. The van der Waals surface area contributed by atoms with E-state index in [-0.39, 0.29) is 0 Å². The summed E-state index contributed by atoms with van der Waals surface area (Å²) < 4.78 is 303. The van der Waals surface area contributed by atoms with E-state index in [1.165, 1.54) is 0 Å². The summed E-state index contributed by atoms with van der Waals surface area (Å²) in [5.41, 5.74) is -4.69. The smallest absolute Gasteiger partial charge is 0.396 e. The van der Waals surface area contributed by atoms with Crippen molar-refractivity contribution < 1.29 is 115 Å². The minimum absolute atomic E-state index is 2.01. The summed E-state index contributed by atoms with van der Waals surface area (Å²) in [6, 6.07) is 0. The van der Waals surface area contributed by atoms with E-state index < -0.39 is 123 Å². The van der Waals surface area contributed by atoms with Crippen molar-refractivity contribution in [2.45, 2.75) is 84.4 Å². The summed E-state index contributed by atoms with van der Waals surface area (Å²) in [6.07, 6.45) is -27.2. The van der Waals surface area contributed by atoms with Gasteiger partial charge in [-0.2, -0.15) is 95.9 Å². The quantitative estimate of drug-likeness (QED) is 0.128. The molecule has 28 heteroatoms. The lowest BCUT2D eigenvalue weighted by molar-refractivity contribution is -0.398. The molecule has 0 fully saturated rings. The Labute approximate surface area is 238 Å². The molecule has 0 rings (SSSR count). The van der Waals surface area contributed by atoms with Gasteiger partial charge in [-0.05, 0) is 6.42 Å². The second-order valence-corrected chi connectivity index (χ2v) is 12.5. The first-order valence-electron chi connectivity index (χ1n) is 10.9. The van der Waals surface area contributed by atoms with E-state index in [1.807, 2.05) is 0 Å². The maximum absolute atomic E-state index is 14.4. The van der Waals surface area contributed by atoms with Gasteiger partial charge in [-0.3, -0.25) is 9.11 Å². The number of aliphatic hydroxyl groups excluding tert-OH is 1. The van der Waals surface area contributed by atoms with Crippen molar-refractivity contribution >= 4 is 20.2 Å². The number of aliphatic hydroxyl groups is 2. The lowest BCUT2D eigenvalue weighted by atomic mass is 9.76. The molecular weight excluding hydrogens is 738 g/mol. The Bertz CT molecular complexity index is 1250. The Morgan fingerprint density at radius 3 is 1.20 bits per heavy atom. The van der Waals surface area contributed by atoms with Gasteiger partial charge in [0.05, 0.1) is 11.4 Å². The second-order valence-electron chi connectivity index (χ2n) is 9.36. The van der Waals surface area contributed by atoms with Crippen LogP contribution in [0.5, 0.6) is 0 Å². The molecule has 0 aliphatic carbocycles. The summed E-state index contributed by atoms with van der Waals surface area (Å²) in [5, 5.41) is 15.6. The van der Waals surface area contributed by atoms with Crippen LogP contribution in [-0.2, 0) is 20.2 Å². The first kappa shape index (κ1) is 43.5. The Balaban J connectivity index is 7.30. The van der Waals surface area contributed by atoms with Gasteiger partial charge < -0.3 is 10.2 Å². The molecule has 3 atom stereocenters. The summed E-state index contributed by atoms with van der Waals surface area (Å²) in [5.74, 6) is -51.3. The maximum atomic E-state index is 14.4. The number of rotatable bonds is 16. The van der Waals surface area contributed by atoms with E-state index in [0.29, 0.717) is 0 Å². The zero-order valence-corrected chi connectivity index (χ0v) is 22.6. The third-order valence-electron chi connectivity index (χ3n) is 6.19. The molecule has 0 spiro atoms. The van der Waals surface area contributed by atoms with Crippen LogP contribution in [-0.4, -0.2) is 107 Å². The van der Waals surface area contributed by atoms with Gasteiger partial charge in [0.1, 0.15) is 5.25 Å². The fourth-order valence-corrected chi connectivity index (χ4v) is 5.98. The number of hydrogen-bond acceptors (Lipinski definition) is 6. The van der Waals surface area contributed by atoms with E-state index in [2.05, 4.69) is 0 Å². The van der Waals surface area contributed by atoms with Crippen molar-refractivity contribution in [1.29, 1.82) is 0 Å². The number of alkyl halides is 18. The summed E-state index contributed by atoms with van der Waals surface area (Å²) in [7, 11) is -12.9. The highest BCUT2D eigenvalue weighted by Crippen LogP contribution is 2.57. The maximum Gasteiger partial charge on any atom is 0.460 e. The molecule has 0 amide bonds. The molecular formula is C17H18F18O8S2. The molecule has 0 heterocycles. The van der Waals surface area contributed by atoms with Gasteiger partial charge in [0.25, 0.3) is 20.2 Å². The standard InChI is InChI=1S/C17H18F18O8S2/c18-10(19,12(22,23)14(26,27)16(30,31)32)2-1-8(45(41,42)43)9(37,3-4-36)7(6-44(38,39)40)5-11(20,21)13(24,25)15(28,29)17(33,34)35/h7-8,36-37H,1-6H2,(H,38,39,40)(H,41,42,43). The molecule has 0 aromatic heterocycles. The highest BCUT2D eigenvalue weighted by Gasteiger charge is 2.83. The van der Waals surface area contributed by atoms with Crippen LogP contribution in [0.25, 0.3) is 0 Å². The third-order valence-corrected chi connectivity index (χ3v) is 8.38. The monoisotopic (exact) mass is 756 g/mol. The predicted octanol–water partition coefficient (Wildman–Crippen LogP) is 4.97. The Morgan fingerprint density at radius 2 is 0.911 bits per heavy atom. The van der Waals surface area contributed by atoms with E-state index in [0.717, 1.165) is 0 Å². The molecule has 0 aromatic rings. The van der Waals surface area contributed by atoms with Gasteiger partial charge in [0.2, 0.25) is 0 Å². The van der Waals surface area contributed by atoms with Gasteiger partial charge in [0.15, 0.2) is 0 Å². The first-order valence-corrected chi connectivity index (χ1v) is 14.0. The van der Waals surface area contributed by atoms with Crippen molar-refractivity contribution in [2.75, 3.05) is 12.4 Å². The van der Waals surface area contributed by atoms with Crippen molar-refractivity contribution in [1.82, 2.24) is 0 Å². The molecule has 3 unspecified atom stereocenters. The van der Waals surface area contributed by atoms with Crippen LogP contribution in [0.1, 0.15) is 25.7 Å². The predicted molar refractivity (Wildman–Crippen MR) is 108 cm³/mol. The van der Waals surface area contributed by atoms with Crippen LogP contribution < -0.4 is 0 Å². The normalized spacial score (nSPS) is 18.4. The lowest BCUT2D eigenvalue weighted by Crippen LogP contribution is -2.63. The molecule has 45 heavy (non-hydrogen) atoms. The van der Waals surface area contributed by atoms with Crippen LogP contribution in [0.15, 0.2) is 0 Å². The van der Waals surface area contributed by atoms with E-state index in [9.17, 15) is 106 Å². The average molecular weight is 756 g/mol. The van der Waals surface area contributed by atoms with Crippen molar-refractivity contribution in [3.05, 3.63) is 0 Å². The highest BCUT2D eigenvalue weighted by atomic mass is 32.2. The molecule has 8 nitrogen and oxygen atoms in total. The molecule has 0 aliphatic heterocycles. The fourth-order valence-electron chi connectivity index (χ4n) is 3.82. The van der Waals surface area contributed by atoms with Gasteiger partial charge in [0, 0.05) is 31.8 Å². The zero-order chi connectivity index (χ0) is 36.9. The second kappa shape index (κ2) is 12.5. The fraction of sp³-hybridized carbons (Fsp3) is 1.00. The van der Waals surface area contributed by atoms with E-state index in [4.69, 9.17) is 9.66 Å². The first-order chi connectivity index (χ1) is 19.2. The molecule has 0 aromatic carbocycles. The molecule has 0 saturated heterocycles. The Kier molecular flexibility index (Phi) is 12.1. The topological polar surface area (TPSA) is 149 Å². The average Bonchev–Trinajstić information content (AvgIpc) is 2.74. The van der Waals surface area contributed by atoms with Crippen LogP contribution in [0.2, 0.25) is 0 Å². The number of hydrogen-bond donors (Lipinski definition) is 4. The highest BCUT2D eigenvalue weighted by molar-refractivity contribution is 7.86. The van der Waals surface area contributed by atoms with E-state index in [1.54, 1.807) is 0 Å². The van der Waals surface area contributed by atoms with Gasteiger partial charge in [-0.25, -0.2) is 0 Å². The minimum Gasteiger partial charge on any atom is -0.396 e.